The zero-order chi connectivity index (χ0) is 20.3. The Morgan fingerprint density at radius 1 is 1.29 bits per heavy atom. The third kappa shape index (κ3) is 4.00. The van der Waals surface area contributed by atoms with E-state index in [4.69, 9.17) is 37.4 Å². The quantitative estimate of drug-likeness (QED) is 0.702. The first-order chi connectivity index (χ1) is 13.5. The Morgan fingerprint density at radius 3 is 2.64 bits per heavy atom. The molecule has 1 aromatic heterocycles. The first-order valence-electron chi connectivity index (χ1n) is 8.55. The van der Waals surface area contributed by atoms with E-state index in [1.54, 1.807) is 19.1 Å². The highest BCUT2D eigenvalue weighted by atomic mass is 35.5. The van der Waals surface area contributed by atoms with Crippen LogP contribution in [0, 0.1) is 0 Å². The van der Waals surface area contributed by atoms with Gasteiger partial charge in [-0.05, 0) is 19.1 Å². The SMILES string of the molecule is CCOC(=O)CC1COc2c(OC)ccc(C(=O)Nc3c(Cl)cncc3Cl)c21. The second-order valence-electron chi connectivity index (χ2n) is 6.01. The molecule has 1 unspecified atom stereocenters. The van der Waals surface area contributed by atoms with Gasteiger partial charge in [-0.3, -0.25) is 14.6 Å². The second kappa shape index (κ2) is 8.67. The molecule has 0 bridgehead atoms. The molecule has 1 N–H and O–H groups in total. The van der Waals surface area contributed by atoms with Gasteiger partial charge in [0, 0.05) is 29.4 Å². The monoisotopic (exact) mass is 424 g/mol. The van der Waals surface area contributed by atoms with Crippen LogP contribution in [-0.4, -0.2) is 37.2 Å². The zero-order valence-corrected chi connectivity index (χ0v) is 16.8. The number of amides is 1. The minimum Gasteiger partial charge on any atom is -0.493 e. The fourth-order valence-electron chi connectivity index (χ4n) is 3.05. The normalized spacial score (nSPS) is 14.8. The number of ether oxygens (including phenoxy) is 3. The predicted octanol–water partition coefficient (Wildman–Crippen LogP) is 4.08. The maximum Gasteiger partial charge on any atom is 0.306 e. The number of rotatable bonds is 6. The van der Waals surface area contributed by atoms with Crippen molar-refractivity contribution >= 4 is 40.8 Å². The summed E-state index contributed by atoms with van der Waals surface area (Å²) in [7, 11) is 1.51. The van der Waals surface area contributed by atoms with Crippen LogP contribution in [0.5, 0.6) is 11.5 Å². The van der Waals surface area contributed by atoms with E-state index in [-0.39, 0.29) is 47.3 Å². The van der Waals surface area contributed by atoms with Gasteiger partial charge in [-0.15, -0.1) is 0 Å². The van der Waals surface area contributed by atoms with Crippen LogP contribution in [0.15, 0.2) is 24.5 Å². The fourth-order valence-corrected chi connectivity index (χ4v) is 3.51. The summed E-state index contributed by atoms with van der Waals surface area (Å²) in [6, 6.07) is 3.25. The van der Waals surface area contributed by atoms with Crippen LogP contribution in [0.3, 0.4) is 0 Å². The minimum atomic E-state index is -0.437. The van der Waals surface area contributed by atoms with Gasteiger partial charge in [0.25, 0.3) is 5.91 Å². The highest BCUT2D eigenvalue weighted by molar-refractivity contribution is 6.39. The molecular formula is C19H18Cl2N2O5. The van der Waals surface area contributed by atoms with E-state index in [2.05, 4.69) is 10.3 Å². The van der Waals surface area contributed by atoms with Crippen molar-refractivity contribution in [2.24, 2.45) is 0 Å². The third-order valence-electron chi connectivity index (χ3n) is 4.27. The summed E-state index contributed by atoms with van der Waals surface area (Å²) in [5.41, 5.74) is 1.19. The Kier molecular flexibility index (Phi) is 6.26. The summed E-state index contributed by atoms with van der Waals surface area (Å²) in [6.07, 6.45) is 2.85. The Bertz CT molecular complexity index is 899. The molecular weight excluding hydrogens is 407 g/mol. The van der Waals surface area contributed by atoms with Gasteiger partial charge >= 0.3 is 5.97 Å². The van der Waals surface area contributed by atoms with Crippen LogP contribution < -0.4 is 14.8 Å². The Labute approximate surface area is 171 Å². The molecule has 9 heteroatoms. The van der Waals surface area contributed by atoms with E-state index >= 15 is 0 Å². The first kappa shape index (κ1) is 20.2. The van der Waals surface area contributed by atoms with Crippen molar-refractivity contribution in [2.75, 3.05) is 25.6 Å². The number of benzene rings is 1. The smallest absolute Gasteiger partial charge is 0.306 e. The molecule has 1 amide bonds. The van der Waals surface area contributed by atoms with Gasteiger partial charge in [-0.2, -0.15) is 0 Å². The number of carbonyl (C=O) groups is 2. The number of aromatic nitrogens is 1. The van der Waals surface area contributed by atoms with E-state index in [0.717, 1.165) is 0 Å². The fraction of sp³-hybridized carbons (Fsp3) is 0.316. The number of halogens is 2. The number of nitrogens with zero attached hydrogens (tertiary/aromatic N) is 1. The van der Waals surface area contributed by atoms with Crippen molar-refractivity contribution < 1.29 is 23.8 Å². The van der Waals surface area contributed by atoms with Crippen LogP contribution in [0.4, 0.5) is 5.69 Å². The number of fused-ring (bicyclic) bond motifs is 1. The van der Waals surface area contributed by atoms with Crippen molar-refractivity contribution in [3.63, 3.8) is 0 Å². The summed E-state index contributed by atoms with van der Waals surface area (Å²) in [5, 5.41) is 3.13. The number of carbonyl (C=O) groups excluding carboxylic acids is 2. The molecule has 1 atom stereocenters. The van der Waals surface area contributed by atoms with Crippen molar-refractivity contribution in [3.05, 3.63) is 45.7 Å². The predicted molar refractivity (Wildman–Crippen MR) is 105 cm³/mol. The minimum absolute atomic E-state index is 0.0884. The Balaban J connectivity index is 1.96. The van der Waals surface area contributed by atoms with Crippen LogP contribution >= 0.6 is 23.2 Å². The van der Waals surface area contributed by atoms with Crippen molar-refractivity contribution in [2.45, 2.75) is 19.3 Å². The van der Waals surface area contributed by atoms with Gasteiger partial charge in [0.2, 0.25) is 0 Å². The molecule has 7 nitrogen and oxygen atoms in total. The number of hydrogen-bond donors (Lipinski definition) is 1. The van der Waals surface area contributed by atoms with Gasteiger partial charge in [-0.1, -0.05) is 23.2 Å². The zero-order valence-electron chi connectivity index (χ0n) is 15.3. The number of nitrogens with one attached hydrogen (secondary N) is 1. The lowest BCUT2D eigenvalue weighted by Gasteiger charge is -2.15. The van der Waals surface area contributed by atoms with Crippen molar-refractivity contribution in [1.29, 1.82) is 0 Å². The van der Waals surface area contributed by atoms with E-state index in [1.165, 1.54) is 19.5 Å². The molecule has 0 aliphatic carbocycles. The van der Waals surface area contributed by atoms with E-state index in [1.807, 2.05) is 0 Å². The van der Waals surface area contributed by atoms with E-state index in [0.29, 0.717) is 22.6 Å². The van der Waals surface area contributed by atoms with Gasteiger partial charge < -0.3 is 19.5 Å². The summed E-state index contributed by atoms with van der Waals surface area (Å²) >= 11 is 12.2. The summed E-state index contributed by atoms with van der Waals surface area (Å²) in [6.45, 7) is 2.26. The molecule has 2 aromatic rings. The number of hydrogen-bond acceptors (Lipinski definition) is 6. The molecule has 0 saturated carbocycles. The summed E-state index contributed by atoms with van der Waals surface area (Å²) in [4.78, 5) is 28.8. The van der Waals surface area contributed by atoms with Crippen molar-refractivity contribution in [3.8, 4) is 11.5 Å². The van der Waals surface area contributed by atoms with Crippen LogP contribution in [0.1, 0.15) is 35.2 Å². The average molecular weight is 425 g/mol. The van der Waals surface area contributed by atoms with Gasteiger partial charge in [0.15, 0.2) is 11.5 Å². The first-order valence-corrected chi connectivity index (χ1v) is 9.31. The molecule has 2 heterocycles. The molecule has 0 saturated heterocycles. The van der Waals surface area contributed by atoms with Gasteiger partial charge in [-0.25, -0.2) is 0 Å². The molecule has 0 radical (unpaired) electrons. The maximum absolute atomic E-state index is 13.0. The number of esters is 1. The third-order valence-corrected chi connectivity index (χ3v) is 4.85. The standard InChI is InChI=1S/C19H18Cl2N2O5/c1-3-27-15(24)6-10-9-28-18-14(26-2)5-4-11(16(10)18)19(25)23-17-12(20)7-22-8-13(17)21/h4-5,7-8,10H,3,6,9H2,1-2H3,(H,22,23,25). The van der Waals surface area contributed by atoms with Crippen molar-refractivity contribution in [1.82, 2.24) is 4.98 Å². The number of methoxy groups -OCH3 is 1. The molecule has 1 aliphatic rings. The molecule has 0 spiro atoms. The lowest BCUT2D eigenvalue weighted by atomic mass is 9.92. The maximum atomic E-state index is 13.0. The van der Waals surface area contributed by atoms with E-state index in [9.17, 15) is 9.59 Å². The average Bonchev–Trinajstić information content (AvgIpc) is 3.08. The Hall–Kier alpha value is -2.51. The molecule has 1 aromatic carbocycles. The second-order valence-corrected chi connectivity index (χ2v) is 6.82. The van der Waals surface area contributed by atoms with Gasteiger partial charge in [0.1, 0.15) is 0 Å². The topological polar surface area (TPSA) is 86.8 Å². The molecule has 3 rings (SSSR count). The highest BCUT2D eigenvalue weighted by Gasteiger charge is 2.34. The lowest BCUT2D eigenvalue weighted by molar-refractivity contribution is -0.143. The lowest BCUT2D eigenvalue weighted by Crippen LogP contribution is -2.17. The van der Waals surface area contributed by atoms with E-state index < -0.39 is 5.91 Å². The van der Waals surface area contributed by atoms with Crippen LogP contribution in [-0.2, 0) is 9.53 Å². The molecule has 148 valence electrons. The molecule has 0 fully saturated rings. The Morgan fingerprint density at radius 2 is 2.00 bits per heavy atom. The largest absolute Gasteiger partial charge is 0.493 e. The van der Waals surface area contributed by atoms with Gasteiger partial charge in [0.05, 0.1) is 42.5 Å². The number of anilines is 1. The molecule has 1 aliphatic heterocycles. The number of pyridine rings is 1. The van der Waals surface area contributed by atoms with Crippen LogP contribution in [0.25, 0.3) is 0 Å². The van der Waals surface area contributed by atoms with Crippen LogP contribution in [0.2, 0.25) is 10.0 Å². The summed E-state index contributed by atoms with van der Waals surface area (Å²) < 4.78 is 16.1. The summed E-state index contributed by atoms with van der Waals surface area (Å²) in [5.74, 6) is -0.214. The highest BCUT2D eigenvalue weighted by Crippen LogP contribution is 2.45. The molecule has 28 heavy (non-hydrogen) atoms.